The summed E-state index contributed by atoms with van der Waals surface area (Å²) < 4.78 is 12.0. The molecule has 0 aromatic rings. The van der Waals surface area contributed by atoms with Gasteiger partial charge in [-0.25, -0.2) is 0 Å². The first-order valence-corrected chi connectivity index (χ1v) is 15.2. The van der Waals surface area contributed by atoms with Crippen molar-refractivity contribution in [1.29, 1.82) is 0 Å². The van der Waals surface area contributed by atoms with Crippen molar-refractivity contribution >= 4 is 25.2 Å². The normalized spacial score (nSPS) is 16.8. The lowest BCUT2D eigenvalue weighted by molar-refractivity contribution is 0.120. The van der Waals surface area contributed by atoms with Gasteiger partial charge < -0.3 is 18.4 Å². The molecule has 0 aromatic carbocycles. The predicted octanol–water partition coefficient (Wildman–Crippen LogP) is 2.36. The summed E-state index contributed by atoms with van der Waals surface area (Å²) in [5, 5.41) is -0.512. The van der Waals surface area contributed by atoms with Crippen LogP contribution in [0.15, 0.2) is 0 Å². The second kappa shape index (κ2) is 5.47. The first-order valence-electron chi connectivity index (χ1n) is 6.41. The molecule has 1 atom stereocenters. The van der Waals surface area contributed by atoms with Crippen LogP contribution in [0.1, 0.15) is 20.8 Å². The summed E-state index contributed by atoms with van der Waals surface area (Å²) in [6.45, 7) is 17.3. The zero-order chi connectivity index (χ0) is 15.0. The molecule has 0 bridgehead atoms. The Bertz CT molecular complexity index is 279. The highest BCUT2D eigenvalue weighted by Gasteiger charge is 2.46. The molecule has 0 rings (SSSR count). The van der Waals surface area contributed by atoms with E-state index < -0.39 is 30.4 Å². The van der Waals surface area contributed by atoms with Gasteiger partial charge in [-0.1, -0.05) is 0 Å². The van der Waals surface area contributed by atoms with Crippen LogP contribution < -0.4 is 0 Å². The third-order valence-electron chi connectivity index (χ3n) is 3.44. The Morgan fingerprint density at radius 2 is 1.33 bits per heavy atom. The third kappa shape index (κ3) is 5.64. The minimum atomic E-state index is -2.55. The van der Waals surface area contributed by atoms with E-state index in [1.165, 1.54) is 0 Å². The Kier molecular flexibility index (Phi) is 5.62. The van der Waals surface area contributed by atoms with Gasteiger partial charge in [-0.3, -0.25) is 0 Å². The molecule has 0 spiro atoms. The molecule has 0 amide bonds. The van der Waals surface area contributed by atoms with Gasteiger partial charge in [0.2, 0.25) is 16.6 Å². The molecule has 0 aliphatic heterocycles. The van der Waals surface area contributed by atoms with Crippen LogP contribution in [0.4, 0.5) is 0 Å². The summed E-state index contributed by atoms with van der Waals surface area (Å²) in [6, 6.07) is 0. The maximum absolute atomic E-state index is 10.3. The molecule has 110 valence electrons. The van der Waals surface area contributed by atoms with Crippen LogP contribution in [0.2, 0.25) is 39.3 Å². The van der Waals surface area contributed by atoms with E-state index in [0.717, 1.165) is 0 Å². The molecule has 18 heavy (non-hydrogen) atoms. The second-order valence-electron chi connectivity index (χ2n) is 6.98. The van der Waals surface area contributed by atoms with Gasteiger partial charge in [0, 0.05) is 0 Å². The van der Waals surface area contributed by atoms with E-state index in [9.17, 15) is 9.59 Å². The van der Waals surface area contributed by atoms with Crippen LogP contribution in [0.25, 0.3) is 0 Å². The minimum absolute atomic E-state index is 0.0974. The van der Waals surface area contributed by atoms with Gasteiger partial charge in [0.15, 0.2) is 0 Å². The van der Waals surface area contributed by atoms with E-state index in [1.807, 2.05) is 33.9 Å². The molecule has 0 saturated heterocycles. The van der Waals surface area contributed by atoms with E-state index >= 15 is 0 Å². The molecular formula is C11H30O4Si3. The molecule has 0 aromatic heterocycles. The molecule has 1 unspecified atom stereocenters. The molecule has 0 aliphatic rings. The molecule has 0 heterocycles. The maximum Gasteiger partial charge on any atom is 0.329 e. The maximum atomic E-state index is 10.3. The Hall–Kier alpha value is 0.491. The molecule has 0 saturated carbocycles. The lowest BCUT2D eigenvalue weighted by atomic mass is 10.5. The largest absolute Gasteiger partial charge is 0.429 e. The van der Waals surface area contributed by atoms with Crippen molar-refractivity contribution in [2.45, 2.75) is 71.0 Å². The molecular weight excluding hydrogens is 280 g/mol. The van der Waals surface area contributed by atoms with E-state index in [0.29, 0.717) is 0 Å². The van der Waals surface area contributed by atoms with E-state index in [-0.39, 0.29) is 5.73 Å². The molecule has 7 heteroatoms. The van der Waals surface area contributed by atoms with Gasteiger partial charge >= 0.3 is 8.56 Å². The number of hydrogen-bond donors (Lipinski definition) is 2. The fourth-order valence-corrected chi connectivity index (χ4v) is 7.58. The smallest absolute Gasteiger partial charge is 0.329 e. The van der Waals surface area contributed by atoms with Crippen molar-refractivity contribution in [3.8, 4) is 0 Å². The fraction of sp³-hybridized carbons (Fsp3) is 1.00. The van der Waals surface area contributed by atoms with Gasteiger partial charge in [0.1, 0.15) is 0 Å². The zero-order valence-corrected chi connectivity index (χ0v) is 16.3. The monoisotopic (exact) mass is 310 g/mol. The van der Waals surface area contributed by atoms with Crippen LogP contribution in [0.3, 0.4) is 0 Å². The van der Waals surface area contributed by atoms with Crippen molar-refractivity contribution < 1.29 is 18.4 Å². The Morgan fingerprint density at radius 3 is 1.61 bits per heavy atom. The molecule has 4 nitrogen and oxygen atoms in total. The molecule has 0 aliphatic carbocycles. The lowest BCUT2D eigenvalue weighted by Crippen LogP contribution is -2.61. The summed E-state index contributed by atoms with van der Waals surface area (Å²) in [5.41, 5.74) is -0.0974. The first-order chi connectivity index (χ1) is 7.58. The SMILES string of the molecule is CC(O[Si](C)(C)O)[Si](C)(C)OC(C)(C)[Si](C)(C)O. The summed E-state index contributed by atoms with van der Waals surface area (Å²) in [6.07, 6.45) is 0. The lowest BCUT2D eigenvalue weighted by Gasteiger charge is -2.44. The minimum Gasteiger partial charge on any atom is -0.429 e. The molecule has 0 fully saturated rings. The van der Waals surface area contributed by atoms with Gasteiger partial charge in [-0.05, 0) is 60.1 Å². The highest BCUT2D eigenvalue weighted by molar-refractivity contribution is 6.77. The Labute approximate surface area is 115 Å². The van der Waals surface area contributed by atoms with Crippen LogP contribution in [-0.2, 0) is 8.85 Å². The summed E-state index contributed by atoms with van der Waals surface area (Å²) in [4.78, 5) is 20.1. The van der Waals surface area contributed by atoms with Crippen molar-refractivity contribution in [3.05, 3.63) is 0 Å². The average Bonchev–Trinajstić information content (AvgIpc) is 1.95. The van der Waals surface area contributed by atoms with Crippen molar-refractivity contribution in [1.82, 2.24) is 0 Å². The van der Waals surface area contributed by atoms with Crippen molar-refractivity contribution in [3.63, 3.8) is 0 Å². The Morgan fingerprint density at radius 1 is 0.944 bits per heavy atom. The second-order valence-corrected chi connectivity index (χ2v) is 18.7. The summed E-state index contributed by atoms with van der Waals surface area (Å²) >= 11 is 0. The zero-order valence-electron chi connectivity index (χ0n) is 13.3. The van der Waals surface area contributed by atoms with Gasteiger partial charge in [-0.15, -0.1) is 0 Å². The highest BCUT2D eigenvalue weighted by atomic mass is 28.4. The van der Waals surface area contributed by atoms with Gasteiger partial charge in [0.05, 0.1) is 11.0 Å². The topological polar surface area (TPSA) is 58.9 Å². The van der Waals surface area contributed by atoms with Crippen LogP contribution in [-0.4, -0.2) is 45.7 Å². The average molecular weight is 311 g/mol. The quantitative estimate of drug-likeness (QED) is 0.740. The highest BCUT2D eigenvalue weighted by Crippen LogP contribution is 2.29. The third-order valence-corrected chi connectivity index (χ3v) is 11.0. The molecule has 0 radical (unpaired) electrons. The standard InChI is InChI=1S/C11H30O4Si3/c1-10(14-18(8,9)13)16(4,5)15-11(2,3)17(6,7)12/h10,12-13H,1-9H3. The fourth-order valence-electron chi connectivity index (χ4n) is 1.44. The van der Waals surface area contributed by atoms with E-state index in [1.54, 1.807) is 13.1 Å². The summed E-state index contributed by atoms with van der Waals surface area (Å²) in [5.74, 6) is 0. The van der Waals surface area contributed by atoms with Crippen LogP contribution in [0.5, 0.6) is 0 Å². The van der Waals surface area contributed by atoms with Gasteiger partial charge in [0.25, 0.3) is 0 Å². The first kappa shape index (κ1) is 18.5. The van der Waals surface area contributed by atoms with Gasteiger partial charge in [-0.2, -0.15) is 0 Å². The van der Waals surface area contributed by atoms with Crippen molar-refractivity contribution in [2.24, 2.45) is 0 Å². The van der Waals surface area contributed by atoms with Crippen molar-refractivity contribution in [2.75, 3.05) is 0 Å². The predicted molar refractivity (Wildman–Crippen MR) is 82.6 cm³/mol. The summed E-state index contributed by atoms with van der Waals surface area (Å²) in [7, 11) is -7.08. The van der Waals surface area contributed by atoms with Crippen LogP contribution in [0, 0.1) is 0 Å². The van der Waals surface area contributed by atoms with E-state index in [4.69, 9.17) is 8.85 Å². The van der Waals surface area contributed by atoms with E-state index in [2.05, 4.69) is 13.1 Å². The number of hydrogen-bond acceptors (Lipinski definition) is 4. The van der Waals surface area contributed by atoms with Crippen LogP contribution >= 0.6 is 0 Å². The Balaban J connectivity index is 4.85. The number of rotatable bonds is 6. The molecule has 2 N–H and O–H groups in total.